The lowest BCUT2D eigenvalue weighted by Crippen LogP contribution is -2.42. The molecular weight excluding hydrogens is 479 g/mol. The highest BCUT2D eigenvalue weighted by atomic mass is 19.1. The number of nitrogens with one attached hydrogen (secondary N) is 2. The molecule has 1 saturated heterocycles. The van der Waals surface area contributed by atoms with Crippen molar-refractivity contribution in [3.63, 3.8) is 0 Å². The van der Waals surface area contributed by atoms with Gasteiger partial charge in [0.2, 0.25) is 0 Å². The van der Waals surface area contributed by atoms with E-state index in [2.05, 4.69) is 40.9 Å². The summed E-state index contributed by atoms with van der Waals surface area (Å²) in [5, 5.41) is 11.0. The van der Waals surface area contributed by atoms with Gasteiger partial charge in [0.1, 0.15) is 5.82 Å². The molecule has 7 heteroatoms. The number of urea groups is 1. The minimum atomic E-state index is -0.249. The highest BCUT2D eigenvalue weighted by Gasteiger charge is 2.46. The largest absolute Gasteiger partial charge is 0.376 e. The number of carbonyl (C=O) groups is 1. The summed E-state index contributed by atoms with van der Waals surface area (Å²) < 4.78 is 21.1. The molecule has 4 unspecified atom stereocenters. The van der Waals surface area contributed by atoms with Crippen molar-refractivity contribution >= 4 is 12.1 Å². The first-order chi connectivity index (χ1) is 18.5. The van der Waals surface area contributed by atoms with Gasteiger partial charge in [0.15, 0.2) is 0 Å². The van der Waals surface area contributed by atoms with Crippen LogP contribution in [0.25, 0.3) is 11.8 Å². The molecule has 2 heterocycles. The molecule has 0 spiro atoms. The summed E-state index contributed by atoms with van der Waals surface area (Å²) in [6, 6.07) is 16.6. The molecule has 3 aliphatic rings. The van der Waals surface area contributed by atoms with Crippen molar-refractivity contribution in [2.24, 2.45) is 11.3 Å². The fourth-order valence-electron chi connectivity index (χ4n) is 6.57. The maximum Gasteiger partial charge on any atom is 0.315 e. The van der Waals surface area contributed by atoms with E-state index in [9.17, 15) is 9.18 Å². The van der Waals surface area contributed by atoms with Gasteiger partial charge in [-0.25, -0.2) is 13.9 Å². The molecule has 0 bridgehead atoms. The molecule has 38 heavy (non-hydrogen) atoms. The van der Waals surface area contributed by atoms with Gasteiger partial charge in [-0.15, -0.1) is 0 Å². The van der Waals surface area contributed by atoms with Gasteiger partial charge >= 0.3 is 6.03 Å². The van der Waals surface area contributed by atoms with E-state index in [0.29, 0.717) is 12.5 Å². The van der Waals surface area contributed by atoms with Crippen molar-refractivity contribution in [2.45, 2.75) is 57.6 Å². The minimum absolute atomic E-state index is 0.00648. The zero-order valence-corrected chi connectivity index (χ0v) is 21.8. The lowest BCUT2D eigenvalue weighted by molar-refractivity contribution is 0.111. The van der Waals surface area contributed by atoms with E-state index in [0.717, 1.165) is 62.1 Å². The number of rotatable bonds is 7. The van der Waals surface area contributed by atoms with Crippen LogP contribution in [0.4, 0.5) is 9.18 Å². The van der Waals surface area contributed by atoms with E-state index < -0.39 is 0 Å². The average molecular weight is 515 g/mol. The molecule has 2 fully saturated rings. The molecule has 1 saturated carbocycles. The van der Waals surface area contributed by atoms with E-state index in [1.165, 1.54) is 23.3 Å². The predicted octanol–water partition coefficient (Wildman–Crippen LogP) is 5.98. The maximum atomic E-state index is 13.5. The minimum Gasteiger partial charge on any atom is -0.376 e. The number of halogens is 1. The van der Waals surface area contributed by atoms with Crippen LogP contribution in [-0.2, 0) is 11.2 Å². The van der Waals surface area contributed by atoms with Crippen LogP contribution in [0.5, 0.6) is 0 Å². The van der Waals surface area contributed by atoms with E-state index in [1.807, 2.05) is 29.1 Å². The molecule has 1 aromatic heterocycles. The quantitative estimate of drug-likeness (QED) is 0.408. The van der Waals surface area contributed by atoms with Crippen molar-refractivity contribution in [3.05, 3.63) is 89.0 Å². The highest BCUT2D eigenvalue weighted by molar-refractivity contribution is 5.74. The lowest BCUT2D eigenvalue weighted by Gasteiger charge is -2.37. The normalized spacial score (nSPS) is 24.8. The molecule has 2 aliphatic carbocycles. The van der Waals surface area contributed by atoms with Gasteiger partial charge in [-0.2, -0.15) is 5.10 Å². The van der Waals surface area contributed by atoms with Crippen molar-refractivity contribution in [2.75, 3.05) is 13.2 Å². The van der Waals surface area contributed by atoms with Crippen LogP contribution in [0.3, 0.4) is 0 Å². The summed E-state index contributed by atoms with van der Waals surface area (Å²) in [6.45, 7) is 3.69. The Bertz CT molecular complexity index is 1310. The Labute approximate surface area is 223 Å². The molecule has 198 valence electrons. The van der Waals surface area contributed by atoms with Crippen LogP contribution in [0.2, 0.25) is 0 Å². The summed E-state index contributed by atoms with van der Waals surface area (Å²) in [7, 11) is 0. The molecule has 6 nitrogen and oxygen atoms in total. The fraction of sp³-hybridized carbons (Fsp3) is 0.419. The van der Waals surface area contributed by atoms with E-state index >= 15 is 0 Å². The second-order valence-electron chi connectivity index (χ2n) is 11.1. The Morgan fingerprint density at radius 3 is 2.76 bits per heavy atom. The topological polar surface area (TPSA) is 68.2 Å². The predicted molar refractivity (Wildman–Crippen MR) is 145 cm³/mol. The number of carbonyl (C=O) groups excluding carboxylic acids is 1. The van der Waals surface area contributed by atoms with Crippen LogP contribution >= 0.6 is 0 Å². The number of nitrogens with zero attached hydrogens (tertiary/aromatic N) is 2. The van der Waals surface area contributed by atoms with Crippen molar-refractivity contribution in [1.82, 2.24) is 20.4 Å². The lowest BCUT2D eigenvalue weighted by atomic mass is 9.68. The molecule has 2 amide bonds. The first kappa shape index (κ1) is 24.9. The van der Waals surface area contributed by atoms with Gasteiger partial charge in [-0.05, 0) is 91.3 Å². The molecule has 4 atom stereocenters. The number of allylic oxidation sites excluding steroid dienone is 1. The summed E-state index contributed by atoms with van der Waals surface area (Å²) in [4.78, 5) is 12.9. The van der Waals surface area contributed by atoms with Gasteiger partial charge in [0.25, 0.3) is 0 Å². The first-order valence-corrected chi connectivity index (χ1v) is 13.7. The second-order valence-corrected chi connectivity index (χ2v) is 11.1. The number of ether oxygens (including phenoxy) is 1. The molecule has 1 aliphatic heterocycles. The molecule has 2 aromatic carbocycles. The Morgan fingerprint density at radius 1 is 1.18 bits per heavy atom. The molecule has 0 radical (unpaired) electrons. The zero-order chi connectivity index (χ0) is 26.1. The summed E-state index contributed by atoms with van der Waals surface area (Å²) in [5.74, 6) is 0.168. The molecule has 6 rings (SSSR count). The Morgan fingerprint density at radius 2 is 2.00 bits per heavy atom. The van der Waals surface area contributed by atoms with Crippen LogP contribution < -0.4 is 10.6 Å². The summed E-state index contributed by atoms with van der Waals surface area (Å²) in [5.41, 5.74) is 5.74. The van der Waals surface area contributed by atoms with Crippen molar-refractivity contribution < 1.29 is 13.9 Å². The molecule has 3 aromatic rings. The van der Waals surface area contributed by atoms with Gasteiger partial charge in [0, 0.05) is 13.2 Å². The van der Waals surface area contributed by atoms with Crippen LogP contribution in [0, 0.1) is 17.2 Å². The standard InChI is InChI=1S/C31H35FN4O2/c1-31-18-22-19-34-36(26-13-11-25(32)12-14-26)29(22)17-24(31)10-9-23(31)16-28(21-6-3-2-4-7-21)35-30(37)33-20-27-8-5-15-38-27/h2-4,6-7,11-14,17,19,23,27-28H,5,8-10,15-16,18,20H2,1H3,(H2,33,35,37). The highest BCUT2D eigenvalue weighted by Crippen LogP contribution is 2.55. The monoisotopic (exact) mass is 514 g/mol. The number of hydrogen-bond donors (Lipinski definition) is 2. The summed E-state index contributed by atoms with van der Waals surface area (Å²) >= 11 is 0. The number of amides is 2. The van der Waals surface area contributed by atoms with Crippen molar-refractivity contribution in [3.8, 4) is 5.69 Å². The van der Waals surface area contributed by atoms with Gasteiger partial charge in [-0.1, -0.05) is 42.8 Å². The van der Waals surface area contributed by atoms with Gasteiger partial charge in [-0.3, -0.25) is 0 Å². The van der Waals surface area contributed by atoms with E-state index in [-0.39, 0.29) is 29.4 Å². The third kappa shape index (κ3) is 4.87. The maximum absolute atomic E-state index is 13.5. The summed E-state index contributed by atoms with van der Waals surface area (Å²) in [6.07, 6.45) is 10.3. The van der Waals surface area contributed by atoms with E-state index in [4.69, 9.17) is 4.74 Å². The third-order valence-corrected chi connectivity index (χ3v) is 8.76. The van der Waals surface area contributed by atoms with Gasteiger partial charge < -0.3 is 15.4 Å². The average Bonchev–Trinajstić information content (AvgIpc) is 3.66. The van der Waals surface area contributed by atoms with Crippen LogP contribution in [0.15, 0.2) is 66.4 Å². The van der Waals surface area contributed by atoms with Crippen LogP contribution in [0.1, 0.15) is 61.9 Å². The van der Waals surface area contributed by atoms with Crippen LogP contribution in [-0.4, -0.2) is 35.1 Å². The number of benzene rings is 2. The number of aromatic nitrogens is 2. The Balaban J connectivity index is 1.20. The first-order valence-electron chi connectivity index (χ1n) is 13.7. The number of hydrogen-bond acceptors (Lipinski definition) is 3. The fourth-order valence-corrected chi connectivity index (χ4v) is 6.57. The SMILES string of the molecule is CC12Cc3cnn(-c4ccc(F)cc4)c3C=C1CCC2CC(NC(=O)NCC1CCCO1)c1ccccc1. The second kappa shape index (κ2) is 10.4. The van der Waals surface area contributed by atoms with Crippen molar-refractivity contribution in [1.29, 1.82) is 0 Å². The smallest absolute Gasteiger partial charge is 0.315 e. The van der Waals surface area contributed by atoms with Gasteiger partial charge in [0.05, 0.1) is 29.7 Å². The number of fused-ring (bicyclic) bond motifs is 2. The van der Waals surface area contributed by atoms with E-state index in [1.54, 1.807) is 12.1 Å². The third-order valence-electron chi connectivity index (χ3n) is 8.76. The Hall–Kier alpha value is -3.45. The molecule has 2 N–H and O–H groups in total. The molecular formula is C31H35FN4O2. The Kier molecular flexibility index (Phi) is 6.78. The zero-order valence-electron chi connectivity index (χ0n) is 21.8.